The highest BCUT2D eigenvalue weighted by Gasteiger charge is 2.51. The topological polar surface area (TPSA) is 38.7 Å². The summed E-state index contributed by atoms with van der Waals surface area (Å²) in [6.45, 7) is 0. The average Bonchev–Trinajstić information content (AvgIpc) is 3.96. The molecule has 0 bridgehead atoms. The van der Waals surface area contributed by atoms with Gasteiger partial charge in [0.25, 0.3) is 0 Å². The van der Waals surface area contributed by atoms with E-state index in [0.717, 1.165) is 44.2 Å². The number of hydrogen-bond donors (Lipinski definition) is 0. The molecule has 2 aliphatic rings. The van der Waals surface area contributed by atoms with Crippen molar-refractivity contribution in [3.8, 4) is 89.8 Å². The highest BCUT2D eigenvalue weighted by molar-refractivity contribution is 6.24. The van der Waals surface area contributed by atoms with E-state index in [1.165, 1.54) is 82.7 Å². The minimum atomic E-state index is -0.437. The Balaban J connectivity index is 0.942. The maximum atomic E-state index is 5.35. The lowest BCUT2D eigenvalue weighted by Gasteiger charge is -2.31. The molecule has 13 aromatic rings. The Bertz CT molecular complexity index is 4260. The van der Waals surface area contributed by atoms with Crippen molar-refractivity contribution in [1.82, 2.24) is 15.0 Å². The van der Waals surface area contributed by atoms with Crippen molar-refractivity contribution in [2.75, 3.05) is 0 Å². The Morgan fingerprint density at radius 3 is 1.14 bits per heavy atom. The van der Waals surface area contributed by atoms with Crippen LogP contribution in [0, 0.1) is 0 Å². The summed E-state index contributed by atoms with van der Waals surface area (Å²) in [5.74, 6) is 1.89. The minimum absolute atomic E-state index is 0.437. The van der Waals surface area contributed by atoms with Gasteiger partial charge in [0.1, 0.15) is 0 Å². The van der Waals surface area contributed by atoms with E-state index < -0.39 is 5.41 Å². The summed E-state index contributed by atoms with van der Waals surface area (Å²) < 4.78 is 0. The Hall–Kier alpha value is -9.57. The Morgan fingerprint density at radius 1 is 0.205 bits per heavy atom. The third-order valence-electron chi connectivity index (χ3n) is 15.6. The molecule has 0 N–H and O–H groups in total. The predicted octanol–water partition coefficient (Wildman–Crippen LogP) is 17.7. The fraction of sp³-hybridized carbons (Fsp3) is 0.0143. The molecule has 0 atom stereocenters. The summed E-state index contributed by atoms with van der Waals surface area (Å²) in [5, 5.41) is 7.05. The van der Waals surface area contributed by atoms with Gasteiger partial charge in [0.2, 0.25) is 0 Å². The van der Waals surface area contributed by atoms with Gasteiger partial charge >= 0.3 is 0 Å². The zero-order chi connectivity index (χ0) is 48.0. The number of nitrogens with zero attached hydrogens (tertiary/aromatic N) is 3. The lowest BCUT2D eigenvalue weighted by atomic mass is 9.70. The zero-order valence-electron chi connectivity index (χ0n) is 39.7. The lowest BCUT2D eigenvalue weighted by Crippen LogP contribution is -2.25. The molecule has 338 valence electrons. The summed E-state index contributed by atoms with van der Waals surface area (Å²) in [6.07, 6.45) is 0. The summed E-state index contributed by atoms with van der Waals surface area (Å²) in [4.78, 5) is 15.8. The van der Waals surface area contributed by atoms with Gasteiger partial charge < -0.3 is 0 Å². The first kappa shape index (κ1) is 41.2. The molecule has 0 amide bonds. The quantitative estimate of drug-likeness (QED) is 0.156. The molecule has 0 saturated heterocycles. The van der Waals surface area contributed by atoms with Crippen molar-refractivity contribution < 1.29 is 0 Å². The van der Waals surface area contributed by atoms with Crippen LogP contribution in [-0.4, -0.2) is 15.0 Å². The van der Waals surface area contributed by atoms with Crippen LogP contribution in [0.25, 0.3) is 122 Å². The molecule has 1 aromatic heterocycles. The van der Waals surface area contributed by atoms with Gasteiger partial charge in [0.15, 0.2) is 17.5 Å². The third-order valence-corrected chi connectivity index (χ3v) is 15.6. The van der Waals surface area contributed by atoms with E-state index in [1.54, 1.807) is 0 Å². The summed E-state index contributed by atoms with van der Waals surface area (Å²) in [6, 6.07) is 94.8. The van der Waals surface area contributed by atoms with E-state index in [1.807, 2.05) is 24.3 Å². The van der Waals surface area contributed by atoms with Gasteiger partial charge in [-0.2, -0.15) is 0 Å². The van der Waals surface area contributed by atoms with E-state index in [-0.39, 0.29) is 0 Å². The second kappa shape index (κ2) is 16.2. The van der Waals surface area contributed by atoms with Crippen LogP contribution in [0.5, 0.6) is 0 Å². The standard InChI is InChI=1S/C70H43N3/c1-3-21-44(22-4-1)47-25-7-14-35-59(47)68-71-67(45-23-5-2-6-24-45)72-69(73-68)60-42-41-58(48-26-8-9-27-49(48)60)66-56-33-12-10-31-54(56)65(55-32-11-13-34-57(55)66)46-39-40-53-52-30-17-20-38-63(52)70(64(53)43-46)61-36-18-15-28-50(61)51-29-16-19-37-62(51)70/h1-43H. The Labute approximate surface area is 423 Å². The van der Waals surface area contributed by atoms with Crippen LogP contribution < -0.4 is 0 Å². The third kappa shape index (κ3) is 6.09. The molecule has 3 nitrogen and oxygen atoms in total. The molecule has 1 heterocycles. The van der Waals surface area contributed by atoms with Crippen molar-refractivity contribution in [2.45, 2.75) is 5.41 Å². The number of benzene rings is 12. The number of rotatable bonds is 6. The molecule has 0 saturated carbocycles. The maximum absolute atomic E-state index is 5.35. The van der Waals surface area contributed by atoms with E-state index in [0.29, 0.717) is 17.5 Å². The van der Waals surface area contributed by atoms with Crippen molar-refractivity contribution in [1.29, 1.82) is 0 Å². The monoisotopic (exact) mass is 925 g/mol. The van der Waals surface area contributed by atoms with Crippen LogP contribution >= 0.6 is 0 Å². The fourth-order valence-electron chi connectivity index (χ4n) is 12.6. The van der Waals surface area contributed by atoms with Crippen LogP contribution in [-0.2, 0) is 5.41 Å². The van der Waals surface area contributed by atoms with Gasteiger partial charge in [-0.1, -0.05) is 249 Å². The second-order valence-electron chi connectivity index (χ2n) is 19.3. The van der Waals surface area contributed by atoms with Crippen LogP contribution in [0.1, 0.15) is 22.3 Å². The smallest absolute Gasteiger partial charge is 0.164 e. The van der Waals surface area contributed by atoms with Gasteiger partial charge in [-0.3, -0.25) is 0 Å². The molecule has 12 aromatic carbocycles. The molecule has 3 heteroatoms. The molecule has 0 radical (unpaired) electrons. The number of fused-ring (bicyclic) bond motifs is 13. The molecular formula is C70H43N3. The summed E-state index contributed by atoms with van der Waals surface area (Å²) >= 11 is 0. The molecule has 15 rings (SSSR count). The fourth-order valence-corrected chi connectivity index (χ4v) is 12.6. The lowest BCUT2D eigenvalue weighted by molar-refractivity contribution is 0.794. The molecule has 1 spiro atoms. The molecule has 0 aliphatic heterocycles. The average molecular weight is 926 g/mol. The minimum Gasteiger partial charge on any atom is -0.208 e. The molecule has 0 fully saturated rings. The Kier molecular flexibility index (Phi) is 9.18. The van der Waals surface area contributed by atoms with Gasteiger partial charge in [0.05, 0.1) is 5.41 Å². The van der Waals surface area contributed by atoms with Crippen LogP contribution in [0.15, 0.2) is 261 Å². The van der Waals surface area contributed by atoms with Crippen LogP contribution in [0.4, 0.5) is 0 Å². The van der Waals surface area contributed by atoms with Gasteiger partial charge in [-0.25, -0.2) is 15.0 Å². The molecule has 0 unspecified atom stereocenters. The van der Waals surface area contributed by atoms with Gasteiger partial charge in [-0.15, -0.1) is 0 Å². The second-order valence-corrected chi connectivity index (χ2v) is 19.3. The molecular weight excluding hydrogens is 883 g/mol. The molecule has 73 heavy (non-hydrogen) atoms. The number of hydrogen-bond acceptors (Lipinski definition) is 3. The first-order chi connectivity index (χ1) is 36.2. The zero-order valence-corrected chi connectivity index (χ0v) is 39.7. The van der Waals surface area contributed by atoms with Crippen LogP contribution in [0.2, 0.25) is 0 Å². The SMILES string of the molecule is c1ccc(-c2nc(-c3ccccc3-c3ccccc3)nc(-c3ccc(-c4c5ccccc5c(-c5ccc6c(c5)C5(c7ccccc7-c7ccccc75)c5ccccc5-6)c5ccccc45)c4ccccc34)n2)cc1. The van der Waals surface area contributed by atoms with Crippen LogP contribution in [0.3, 0.4) is 0 Å². The highest BCUT2D eigenvalue weighted by atomic mass is 15.0. The normalized spacial score (nSPS) is 12.8. The van der Waals surface area contributed by atoms with Crippen molar-refractivity contribution in [3.63, 3.8) is 0 Å². The van der Waals surface area contributed by atoms with Crippen molar-refractivity contribution in [3.05, 3.63) is 283 Å². The maximum Gasteiger partial charge on any atom is 0.164 e. The van der Waals surface area contributed by atoms with Gasteiger partial charge in [-0.05, 0) is 122 Å². The predicted molar refractivity (Wildman–Crippen MR) is 301 cm³/mol. The van der Waals surface area contributed by atoms with Crippen molar-refractivity contribution in [2.24, 2.45) is 0 Å². The highest BCUT2D eigenvalue weighted by Crippen LogP contribution is 2.63. The van der Waals surface area contributed by atoms with E-state index >= 15 is 0 Å². The first-order valence-electron chi connectivity index (χ1n) is 25.1. The van der Waals surface area contributed by atoms with E-state index in [9.17, 15) is 0 Å². The van der Waals surface area contributed by atoms with E-state index in [2.05, 4.69) is 237 Å². The Morgan fingerprint density at radius 2 is 0.575 bits per heavy atom. The van der Waals surface area contributed by atoms with E-state index in [4.69, 9.17) is 15.0 Å². The largest absolute Gasteiger partial charge is 0.208 e. The summed E-state index contributed by atoms with van der Waals surface area (Å²) in [5.41, 5.74) is 20.0. The first-order valence-corrected chi connectivity index (χ1v) is 25.1. The number of aromatic nitrogens is 3. The summed E-state index contributed by atoms with van der Waals surface area (Å²) in [7, 11) is 0. The van der Waals surface area contributed by atoms with Crippen molar-refractivity contribution >= 4 is 32.3 Å². The molecule has 2 aliphatic carbocycles. The van der Waals surface area contributed by atoms with Gasteiger partial charge in [0, 0.05) is 16.7 Å².